The summed E-state index contributed by atoms with van der Waals surface area (Å²) in [6, 6.07) is 4.25. The SMILES string of the molecule is O[C@@H]1CCN(Cc2noc3c2CC(NCc2ccc(F)c(F)c2)CC3)C1. The maximum atomic E-state index is 13.3. The van der Waals surface area contributed by atoms with Crippen LogP contribution in [0.25, 0.3) is 0 Å². The highest BCUT2D eigenvalue weighted by Crippen LogP contribution is 2.26. The number of nitrogens with one attached hydrogen (secondary N) is 1. The molecule has 0 saturated carbocycles. The zero-order valence-corrected chi connectivity index (χ0v) is 14.5. The van der Waals surface area contributed by atoms with E-state index in [2.05, 4.69) is 15.4 Å². The molecule has 1 fully saturated rings. The Morgan fingerprint density at radius 3 is 2.92 bits per heavy atom. The summed E-state index contributed by atoms with van der Waals surface area (Å²) in [5.74, 6) is -0.688. The minimum atomic E-state index is -0.822. The second-order valence-corrected chi connectivity index (χ2v) is 7.28. The van der Waals surface area contributed by atoms with Gasteiger partial charge in [-0.05, 0) is 37.0 Å². The van der Waals surface area contributed by atoms with E-state index in [4.69, 9.17) is 4.52 Å². The highest BCUT2D eigenvalue weighted by Gasteiger charge is 2.28. The number of aliphatic hydroxyl groups excluding tert-OH is 1. The lowest BCUT2D eigenvalue weighted by Crippen LogP contribution is -2.34. The van der Waals surface area contributed by atoms with Crippen molar-refractivity contribution in [1.82, 2.24) is 15.4 Å². The Bertz CT molecular complexity index is 780. The molecule has 2 atom stereocenters. The van der Waals surface area contributed by atoms with Gasteiger partial charge in [0, 0.05) is 44.2 Å². The van der Waals surface area contributed by atoms with Crippen LogP contribution in [0.4, 0.5) is 8.78 Å². The Labute approximate surface area is 151 Å². The predicted octanol–water partition coefficient (Wildman–Crippen LogP) is 2.17. The summed E-state index contributed by atoms with van der Waals surface area (Å²) in [5, 5.41) is 17.4. The molecule has 0 bridgehead atoms. The van der Waals surface area contributed by atoms with E-state index in [1.807, 2.05) is 0 Å². The summed E-state index contributed by atoms with van der Waals surface area (Å²) < 4.78 is 31.9. The van der Waals surface area contributed by atoms with E-state index in [1.165, 1.54) is 6.07 Å². The van der Waals surface area contributed by atoms with Crippen molar-refractivity contribution in [2.75, 3.05) is 13.1 Å². The molecule has 1 aliphatic heterocycles. The van der Waals surface area contributed by atoms with Crippen molar-refractivity contribution in [2.45, 2.75) is 50.9 Å². The number of halogens is 2. The van der Waals surface area contributed by atoms with E-state index in [9.17, 15) is 13.9 Å². The van der Waals surface area contributed by atoms with Gasteiger partial charge in [0.05, 0.1) is 6.10 Å². The summed E-state index contributed by atoms with van der Waals surface area (Å²) >= 11 is 0. The van der Waals surface area contributed by atoms with Crippen LogP contribution in [0.1, 0.15) is 35.4 Å². The average molecular weight is 363 g/mol. The van der Waals surface area contributed by atoms with E-state index >= 15 is 0 Å². The van der Waals surface area contributed by atoms with Gasteiger partial charge < -0.3 is 14.9 Å². The van der Waals surface area contributed by atoms with Crippen LogP contribution in [-0.2, 0) is 25.9 Å². The van der Waals surface area contributed by atoms with Crippen LogP contribution < -0.4 is 5.32 Å². The van der Waals surface area contributed by atoms with Crippen molar-refractivity contribution in [3.05, 3.63) is 52.4 Å². The van der Waals surface area contributed by atoms with Crippen LogP contribution in [0.3, 0.4) is 0 Å². The van der Waals surface area contributed by atoms with E-state index in [0.29, 0.717) is 19.6 Å². The van der Waals surface area contributed by atoms with Gasteiger partial charge in [0.15, 0.2) is 11.6 Å². The molecule has 1 aliphatic carbocycles. The molecule has 5 nitrogen and oxygen atoms in total. The lowest BCUT2D eigenvalue weighted by atomic mass is 9.91. The molecule has 0 radical (unpaired) electrons. The first-order chi connectivity index (χ1) is 12.6. The fraction of sp³-hybridized carbons (Fsp3) is 0.526. The molecule has 2 aromatic rings. The molecule has 1 aromatic heterocycles. The van der Waals surface area contributed by atoms with Crippen molar-refractivity contribution in [3.63, 3.8) is 0 Å². The summed E-state index contributed by atoms with van der Waals surface area (Å²) in [6.07, 6.45) is 3.11. The third kappa shape index (κ3) is 3.79. The molecule has 2 N–H and O–H groups in total. The van der Waals surface area contributed by atoms with E-state index in [-0.39, 0.29) is 12.1 Å². The molecule has 2 aliphatic rings. The number of hydrogen-bond donors (Lipinski definition) is 2. The molecule has 140 valence electrons. The van der Waals surface area contributed by atoms with Crippen LogP contribution in [0, 0.1) is 11.6 Å². The number of nitrogens with zero attached hydrogens (tertiary/aromatic N) is 2. The minimum Gasteiger partial charge on any atom is -0.392 e. The van der Waals surface area contributed by atoms with Crippen molar-refractivity contribution in [1.29, 1.82) is 0 Å². The van der Waals surface area contributed by atoms with Crippen LogP contribution in [0.2, 0.25) is 0 Å². The number of benzene rings is 1. The van der Waals surface area contributed by atoms with Crippen LogP contribution >= 0.6 is 0 Å². The number of β-amino-alcohol motifs (C(OH)–C–C–N with tert-alkyl or cyclic N) is 1. The zero-order valence-electron chi connectivity index (χ0n) is 14.5. The number of rotatable bonds is 5. The fourth-order valence-electron chi connectivity index (χ4n) is 3.84. The molecule has 26 heavy (non-hydrogen) atoms. The van der Waals surface area contributed by atoms with Gasteiger partial charge in [-0.2, -0.15) is 0 Å². The van der Waals surface area contributed by atoms with Gasteiger partial charge in [0.25, 0.3) is 0 Å². The predicted molar refractivity (Wildman–Crippen MR) is 91.4 cm³/mol. The lowest BCUT2D eigenvalue weighted by Gasteiger charge is -2.23. The molecule has 1 aromatic carbocycles. The fourth-order valence-corrected chi connectivity index (χ4v) is 3.84. The van der Waals surface area contributed by atoms with Gasteiger partial charge in [0.2, 0.25) is 0 Å². The van der Waals surface area contributed by atoms with E-state index in [1.54, 1.807) is 6.07 Å². The number of aryl methyl sites for hydroxylation is 1. The number of aromatic nitrogens is 1. The first-order valence-corrected chi connectivity index (χ1v) is 9.12. The Hall–Kier alpha value is -1.83. The Balaban J connectivity index is 1.37. The molecule has 0 amide bonds. The summed E-state index contributed by atoms with van der Waals surface area (Å²) in [7, 11) is 0. The number of hydrogen-bond acceptors (Lipinski definition) is 5. The first kappa shape index (κ1) is 17.6. The molecular formula is C19H23F2N3O2. The zero-order chi connectivity index (χ0) is 18.1. The lowest BCUT2D eigenvalue weighted by molar-refractivity contribution is 0.173. The smallest absolute Gasteiger partial charge is 0.159 e. The van der Waals surface area contributed by atoms with Crippen LogP contribution in [0.15, 0.2) is 22.7 Å². The van der Waals surface area contributed by atoms with Gasteiger partial charge in [-0.25, -0.2) is 8.78 Å². The summed E-state index contributed by atoms with van der Waals surface area (Å²) in [5.41, 5.74) is 2.83. The largest absolute Gasteiger partial charge is 0.392 e. The number of aliphatic hydroxyl groups is 1. The number of likely N-dealkylation sites (tertiary alicyclic amines) is 1. The van der Waals surface area contributed by atoms with Crippen molar-refractivity contribution >= 4 is 0 Å². The van der Waals surface area contributed by atoms with Crippen LogP contribution in [-0.4, -0.2) is 40.4 Å². The maximum Gasteiger partial charge on any atom is 0.159 e. The third-order valence-corrected chi connectivity index (χ3v) is 5.32. The normalized spacial score (nSPS) is 23.3. The highest BCUT2D eigenvalue weighted by atomic mass is 19.2. The molecule has 2 heterocycles. The summed E-state index contributed by atoms with van der Waals surface area (Å²) in [6.45, 7) is 2.75. The average Bonchev–Trinajstić information content (AvgIpc) is 3.22. The van der Waals surface area contributed by atoms with E-state index < -0.39 is 11.6 Å². The van der Waals surface area contributed by atoms with E-state index in [0.717, 1.165) is 60.9 Å². The van der Waals surface area contributed by atoms with Crippen LogP contribution in [0.5, 0.6) is 0 Å². The molecular weight excluding hydrogens is 340 g/mol. The van der Waals surface area contributed by atoms with Gasteiger partial charge in [-0.1, -0.05) is 11.2 Å². The standard InChI is InChI=1S/C19H23F2N3O2/c20-16-3-1-12(7-17(16)21)9-22-13-2-4-19-15(8-13)18(23-26-19)11-24-6-5-14(25)10-24/h1,3,7,13-14,22,25H,2,4-6,8-11H2/t13?,14-/m1/s1. The number of fused-ring (bicyclic) bond motifs is 1. The molecule has 4 rings (SSSR count). The minimum absolute atomic E-state index is 0.247. The monoisotopic (exact) mass is 363 g/mol. The van der Waals surface area contributed by atoms with Crippen molar-refractivity contribution in [3.8, 4) is 0 Å². The molecule has 7 heteroatoms. The van der Waals surface area contributed by atoms with Gasteiger partial charge >= 0.3 is 0 Å². The Morgan fingerprint density at radius 1 is 1.27 bits per heavy atom. The Kier molecular flexibility index (Phi) is 5.02. The Morgan fingerprint density at radius 2 is 2.15 bits per heavy atom. The van der Waals surface area contributed by atoms with Gasteiger partial charge in [0.1, 0.15) is 11.5 Å². The second-order valence-electron chi connectivity index (χ2n) is 7.28. The molecule has 0 spiro atoms. The second kappa shape index (κ2) is 7.42. The maximum absolute atomic E-state index is 13.3. The third-order valence-electron chi connectivity index (χ3n) is 5.32. The van der Waals surface area contributed by atoms with Crippen molar-refractivity contribution in [2.24, 2.45) is 0 Å². The van der Waals surface area contributed by atoms with Gasteiger partial charge in [-0.15, -0.1) is 0 Å². The highest BCUT2D eigenvalue weighted by molar-refractivity contribution is 5.27. The van der Waals surface area contributed by atoms with Gasteiger partial charge in [-0.3, -0.25) is 4.90 Å². The summed E-state index contributed by atoms with van der Waals surface area (Å²) in [4.78, 5) is 2.20. The first-order valence-electron chi connectivity index (χ1n) is 9.12. The molecule has 1 saturated heterocycles. The topological polar surface area (TPSA) is 61.5 Å². The quantitative estimate of drug-likeness (QED) is 0.853. The molecule has 1 unspecified atom stereocenters. The van der Waals surface area contributed by atoms with Crippen molar-refractivity contribution < 1.29 is 18.4 Å².